The van der Waals surface area contributed by atoms with Crippen molar-refractivity contribution in [2.75, 3.05) is 12.2 Å². The van der Waals surface area contributed by atoms with Gasteiger partial charge in [-0.05, 0) is 18.1 Å². The van der Waals surface area contributed by atoms with Crippen LogP contribution in [-0.4, -0.2) is 13.0 Å². The third-order valence-electron chi connectivity index (χ3n) is 2.23. The van der Waals surface area contributed by atoms with E-state index >= 15 is 0 Å². The quantitative estimate of drug-likeness (QED) is 0.651. The minimum atomic E-state index is 0.0289. The summed E-state index contributed by atoms with van der Waals surface area (Å²) in [6, 6.07) is 7.80. The Labute approximate surface area is 76.9 Å². The molecule has 1 aromatic carbocycles. The van der Waals surface area contributed by atoms with E-state index in [1.165, 1.54) is 17.7 Å². The fourth-order valence-electron chi connectivity index (χ4n) is 1.60. The van der Waals surface area contributed by atoms with Gasteiger partial charge in [0.2, 0.25) is 0 Å². The van der Waals surface area contributed by atoms with Crippen LogP contribution in [0.5, 0.6) is 0 Å². The van der Waals surface area contributed by atoms with Crippen molar-refractivity contribution in [2.24, 2.45) is 0 Å². The molecule has 0 radical (unpaired) electrons. The molecule has 0 aromatic heterocycles. The molecule has 1 aliphatic rings. The van der Waals surface area contributed by atoms with Gasteiger partial charge in [-0.15, -0.1) is 0 Å². The van der Waals surface area contributed by atoms with Crippen molar-refractivity contribution in [3.63, 3.8) is 0 Å². The van der Waals surface area contributed by atoms with Gasteiger partial charge in [-0.2, -0.15) is 5.06 Å². The maximum atomic E-state index is 11.4. The molecule has 0 N–H and O–H groups in total. The van der Waals surface area contributed by atoms with Crippen LogP contribution in [0.1, 0.15) is 12.0 Å². The van der Waals surface area contributed by atoms with Crippen LogP contribution in [0.4, 0.5) is 5.69 Å². The number of benzene rings is 1. The first-order chi connectivity index (χ1) is 6.33. The van der Waals surface area contributed by atoms with Gasteiger partial charge in [0, 0.05) is 6.42 Å². The average molecular weight is 177 g/mol. The van der Waals surface area contributed by atoms with Gasteiger partial charge in [-0.3, -0.25) is 9.63 Å². The molecule has 1 amide bonds. The molecular weight excluding hydrogens is 166 g/mol. The highest BCUT2D eigenvalue weighted by Gasteiger charge is 2.23. The molecule has 0 spiro atoms. The second-order valence-corrected chi connectivity index (χ2v) is 3.00. The molecule has 0 aliphatic carbocycles. The summed E-state index contributed by atoms with van der Waals surface area (Å²) in [7, 11) is 1.51. The predicted molar refractivity (Wildman–Crippen MR) is 49.3 cm³/mol. The zero-order valence-corrected chi connectivity index (χ0v) is 7.49. The monoisotopic (exact) mass is 177 g/mol. The number of carbonyl (C=O) groups is 1. The summed E-state index contributed by atoms with van der Waals surface area (Å²) in [6.45, 7) is 0. The van der Waals surface area contributed by atoms with Crippen LogP contribution in [0.15, 0.2) is 24.3 Å². The number of rotatable bonds is 1. The number of fused-ring (bicyclic) bond motifs is 1. The minimum absolute atomic E-state index is 0.0289. The molecule has 0 saturated heterocycles. The molecule has 3 heteroatoms. The van der Waals surface area contributed by atoms with E-state index in [-0.39, 0.29) is 5.91 Å². The van der Waals surface area contributed by atoms with Crippen LogP contribution in [-0.2, 0) is 16.1 Å². The Hall–Kier alpha value is -1.35. The van der Waals surface area contributed by atoms with Crippen molar-refractivity contribution in [2.45, 2.75) is 12.8 Å². The topological polar surface area (TPSA) is 29.5 Å². The molecule has 2 rings (SSSR count). The maximum absolute atomic E-state index is 11.4. The smallest absolute Gasteiger partial charge is 0.251 e. The van der Waals surface area contributed by atoms with Crippen molar-refractivity contribution < 1.29 is 9.63 Å². The number of hydrogen-bond acceptors (Lipinski definition) is 2. The lowest BCUT2D eigenvalue weighted by molar-refractivity contribution is -0.125. The van der Waals surface area contributed by atoms with Gasteiger partial charge in [-0.25, -0.2) is 0 Å². The Morgan fingerprint density at radius 3 is 2.85 bits per heavy atom. The van der Waals surface area contributed by atoms with Crippen molar-refractivity contribution in [3.8, 4) is 0 Å². The summed E-state index contributed by atoms with van der Waals surface area (Å²) in [4.78, 5) is 16.4. The van der Waals surface area contributed by atoms with Crippen LogP contribution >= 0.6 is 0 Å². The first-order valence-electron chi connectivity index (χ1n) is 4.28. The van der Waals surface area contributed by atoms with Crippen molar-refractivity contribution in [1.82, 2.24) is 0 Å². The van der Waals surface area contributed by atoms with E-state index in [0.29, 0.717) is 6.42 Å². The molecule has 0 unspecified atom stereocenters. The van der Waals surface area contributed by atoms with E-state index in [1.54, 1.807) is 0 Å². The number of anilines is 1. The van der Waals surface area contributed by atoms with E-state index in [9.17, 15) is 4.79 Å². The number of carbonyl (C=O) groups excluding carboxylic acids is 1. The van der Waals surface area contributed by atoms with E-state index in [0.717, 1.165) is 12.1 Å². The fraction of sp³-hybridized carbons (Fsp3) is 0.300. The summed E-state index contributed by atoms with van der Waals surface area (Å²) in [5.41, 5.74) is 2.05. The highest BCUT2D eigenvalue weighted by Crippen LogP contribution is 2.26. The molecule has 1 heterocycles. The molecular formula is C10H11NO2. The molecule has 1 aromatic rings. The highest BCUT2D eigenvalue weighted by molar-refractivity contribution is 5.94. The fourth-order valence-corrected chi connectivity index (χ4v) is 1.60. The van der Waals surface area contributed by atoms with Crippen LogP contribution in [0.2, 0.25) is 0 Å². The van der Waals surface area contributed by atoms with Crippen molar-refractivity contribution in [3.05, 3.63) is 29.8 Å². The molecule has 0 saturated carbocycles. The lowest BCUT2D eigenvalue weighted by Crippen LogP contribution is -2.33. The SMILES string of the molecule is CON1C(=O)CCc2ccccc21. The lowest BCUT2D eigenvalue weighted by atomic mass is 10.0. The Kier molecular flexibility index (Phi) is 2.02. The predicted octanol–water partition coefficient (Wildman–Crippen LogP) is 1.53. The average Bonchev–Trinajstić information content (AvgIpc) is 2.18. The van der Waals surface area contributed by atoms with Crippen LogP contribution in [0, 0.1) is 0 Å². The number of aryl methyl sites for hydroxylation is 1. The van der Waals surface area contributed by atoms with Crippen LogP contribution in [0.25, 0.3) is 0 Å². The Morgan fingerprint density at radius 1 is 1.31 bits per heavy atom. The number of hydrogen-bond donors (Lipinski definition) is 0. The van der Waals surface area contributed by atoms with Crippen LogP contribution < -0.4 is 5.06 Å². The maximum Gasteiger partial charge on any atom is 0.251 e. The lowest BCUT2D eigenvalue weighted by Gasteiger charge is -2.26. The van der Waals surface area contributed by atoms with E-state index in [2.05, 4.69) is 0 Å². The van der Waals surface area contributed by atoms with Gasteiger partial charge in [0.25, 0.3) is 5.91 Å². The first-order valence-corrected chi connectivity index (χ1v) is 4.28. The normalized spacial score (nSPS) is 15.8. The van der Waals surface area contributed by atoms with Gasteiger partial charge in [0.15, 0.2) is 0 Å². The largest absolute Gasteiger partial charge is 0.272 e. The molecule has 3 nitrogen and oxygen atoms in total. The molecule has 0 fully saturated rings. The number of hydroxylamine groups is 1. The van der Waals surface area contributed by atoms with E-state index in [1.807, 2.05) is 24.3 Å². The van der Waals surface area contributed by atoms with Crippen molar-refractivity contribution in [1.29, 1.82) is 0 Å². The second kappa shape index (κ2) is 3.18. The van der Waals surface area contributed by atoms with E-state index < -0.39 is 0 Å². The molecule has 13 heavy (non-hydrogen) atoms. The summed E-state index contributed by atoms with van der Waals surface area (Å²) < 4.78 is 0. The number of nitrogens with zero attached hydrogens (tertiary/aromatic N) is 1. The molecule has 68 valence electrons. The number of amides is 1. The van der Waals surface area contributed by atoms with E-state index in [4.69, 9.17) is 4.84 Å². The summed E-state index contributed by atoms with van der Waals surface area (Å²) >= 11 is 0. The Morgan fingerprint density at radius 2 is 2.08 bits per heavy atom. The molecule has 0 bridgehead atoms. The Bertz CT molecular complexity index is 335. The summed E-state index contributed by atoms with van der Waals surface area (Å²) in [5, 5.41) is 1.36. The van der Waals surface area contributed by atoms with Gasteiger partial charge in [0.05, 0.1) is 12.8 Å². The number of para-hydroxylation sites is 1. The summed E-state index contributed by atoms with van der Waals surface area (Å²) in [6.07, 6.45) is 1.35. The van der Waals surface area contributed by atoms with Crippen molar-refractivity contribution >= 4 is 11.6 Å². The van der Waals surface area contributed by atoms with Gasteiger partial charge < -0.3 is 0 Å². The Balaban J connectivity index is 2.45. The van der Waals surface area contributed by atoms with Crippen LogP contribution in [0.3, 0.4) is 0 Å². The minimum Gasteiger partial charge on any atom is -0.272 e. The highest BCUT2D eigenvalue weighted by atomic mass is 16.7. The third-order valence-corrected chi connectivity index (χ3v) is 2.23. The molecule has 0 atom stereocenters. The van der Waals surface area contributed by atoms with Gasteiger partial charge in [-0.1, -0.05) is 18.2 Å². The zero-order chi connectivity index (χ0) is 9.26. The first kappa shape index (κ1) is 8.26. The molecule has 1 aliphatic heterocycles. The van der Waals surface area contributed by atoms with Gasteiger partial charge in [0.1, 0.15) is 0 Å². The van der Waals surface area contributed by atoms with Gasteiger partial charge >= 0.3 is 0 Å². The second-order valence-electron chi connectivity index (χ2n) is 3.00. The zero-order valence-electron chi connectivity index (χ0n) is 7.49. The standard InChI is InChI=1S/C10H11NO2/c1-13-11-9-5-3-2-4-8(9)6-7-10(11)12/h2-5H,6-7H2,1H3. The third kappa shape index (κ3) is 1.31. The summed E-state index contributed by atoms with van der Waals surface area (Å²) in [5.74, 6) is 0.0289.